The number of aryl methyl sites for hydroxylation is 2. The first-order chi connectivity index (χ1) is 13.6. The number of aromatic nitrogens is 3. The molecule has 0 aliphatic carbocycles. The van der Waals surface area contributed by atoms with E-state index in [0.29, 0.717) is 18.7 Å². The molecule has 0 saturated heterocycles. The van der Waals surface area contributed by atoms with Crippen molar-refractivity contribution in [2.45, 2.75) is 39.9 Å². The van der Waals surface area contributed by atoms with Gasteiger partial charge in [-0.05, 0) is 38.5 Å². The van der Waals surface area contributed by atoms with Gasteiger partial charge in [0.15, 0.2) is 5.69 Å². The Morgan fingerprint density at radius 2 is 2.07 bits per heavy atom. The number of thiophene rings is 1. The highest BCUT2D eigenvalue weighted by atomic mass is 32.1. The molecule has 5 nitrogen and oxygen atoms in total. The van der Waals surface area contributed by atoms with Crippen molar-refractivity contribution < 1.29 is 18.0 Å². The van der Waals surface area contributed by atoms with Gasteiger partial charge in [-0.15, -0.1) is 22.7 Å². The summed E-state index contributed by atoms with van der Waals surface area (Å²) in [7, 11) is 0. The van der Waals surface area contributed by atoms with Crippen molar-refractivity contribution in [2.24, 2.45) is 5.92 Å². The normalized spacial score (nSPS) is 12.9. The Kier molecular flexibility index (Phi) is 6.42. The van der Waals surface area contributed by atoms with E-state index in [2.05, 4.69) is 15.4 Å². The van der Waals surface area contributed by atoms with E-state index in [-0.39, 0.29) is 12.5 Å². The van der Waals surface area contributed by atoms with Crippen LogP contribution in [0.5, 0.6) is 0 Å². The molecule has 0 spiro atoms. The van der Waals surface area contributed by atoms with Crippen LogP contribution in [0.2, 0.25) is 0 Å². The molecule has 0 fully saturated rings. The molecule has 0 aromatic carbocycles. The summed E-state index contributed by atoms with van der Waals surface area (Å²) >= 11 is 3.25. The van der Waals surface area contributed by atoms with Crippen LogP contribution in [0.4, 0.5) is 13.2 Å². The van der Waals surface area contributed by atoms with Gasteiger partial charge in [-0.25, -0.2) is 4.98 Å². The summed E-state index contributed by atoms with van der Waals surface area (Å²) in [6.07, 6.45) is -3.80. The monoisotopic (exact) mass is 442 g/mol. The van der Waals surface area contributed by atoms with Crippen molar-refractivity contribution in [3.05, 3.63) is 44.9 Å². The molecule has 156 valence electrons. The van der Waals surface area contributed by atoms with Gasteiger partial charge in [0.05, 0.1) is 28.0 Å². The number of rotatable bonds is 7. The van der Waals surface area contributed by atoms with Crippen molar-refractivity contribution in [1.82, 2.24) is 20.1 Å². The Morgan fingerprint density at radius 1 is 1.31 bits per heavy atom. The summed E-state index contributed by atoms with van der Waals surface area (Å²) in [4.78, 5) is 19.0. The van der Waals surface area contributed by atoms with E-state index in [4.69, 9.17) is 0 Å². The number of nitrogens with zero attached hydrogens (tertiary/aromatic N) is 3. The third-order valence-corrected chi connectivity index (χ3v) is 6.31. The van der Waals surface area contributed by atoms with Gasteiger partial charge >= 0.3 is 6.18 Å². The summed E-state index contributed by atoms with van der Waals surface area (Å²) in [5, 5.41) is 9.47. The van der Waals surface area contributed by atoms with Crippen LogP contribution in [-0.4, -0.2) is 27.2 Å². The maximum atomic E-state index is 12.8. The Bertz CT molecular complexity index is 990. The molecule has 0 aliphatic heterocycles. The largest absolute Gasteiger partial charge is 0.435 e. The number of hydrogen-bond donors (Lipinski definition) is 1. The third-order valence-electron chi connectivity index (χ3n) is 4.37. The fraction of sp³-hybridized carbons (Fsp3) is 0.421. The molecule has 10 heteroatoms. The Balaban J connectivity index is 1.49. The van der Waals surface area contributed by atoms with Gasteiger partial charge in [-0.3, -0.25) is 9.48 Å². The minimum Gasteiger partial charge on any atom is -0.355 e. The lowest BCUT2D eigenvalue weighted by atomic mass is 10.1. The molecule has 3 aromatic heterocycles. The van der Waals surface area contributed by atoms with Crippen molar-refractivity contribution >= 4 is 28.6 Å². The van der Waals surface area contributed by atoms with Crippen LogP contribution in [0, 0.1) is 19.8 Å². The summed E-state index contributed by atoms with van der Waals surface area (Å²) in [5.74, 6) is -0.702. The number of alkyl halides is 3. The standard InChI is InChI=1S/C19H21F3N4OS2/c1-11(9-26-12(2)8-17(25-26)19(20,21)22)18(27)23-7-6-14-4-5-16(29-14)15-10-28-13(3)24-15/h4-5,8,10-11H,6-7,9H2,1-3H3,(H,23,27). The number of hydrogen-bond acceptors (Lipinski definition) is 5. The third kappa shape index (κ3) is 5.45. The summed E-state index contributed by atoms with van der Waals surface area (Å²) in [6.45, 7) is 5.75. The van der Waals surface area contributed by atoms with Crippen LogP contribution in [0.25, 0.3) is 10.6 Å². The second-order valence-electron chi connectivity index (χ2n) is 6.81. The Hall–Kier alpha value is -2.20. The molecule has 0 saturated carbocycles. The Morgan fingerprint density at radius 3 is 2.69 bits per heavy atom. The maximum Gasteiger partial charge on any atom is 0.435 e. The highest BCUT2D eigenvalue weighted by molar-refractivity contribution is 7.16. The van der Waals surface area contributed by atoms with Crippen molar-refractivity contribution in [1.29, 1.82) is 0 Å². The smallest absolute Gasteiger partial charge is 0.355 e. The SMILES string of the molecule is Cc1nc(-c2ccc(CCNC(=O)C(C)Cn3nc(C(F)(F)F)cc3C)s2)cs1. The number of carbonyl (C=O) groups excluding carboxylic acids is 1. The fourth-order valence-corrected chi connectivity index (χ4v) is 4.44. The van der Waals surface area contributed by atoms with E-state index in [1.165, 1.54) is 4.68 Å². The lowest BCUT2D eigenvalue weighted by molar-refractivity contribution is -0.141. The van der Waals surface area contributed by atoms with Crippen LogP contribution < -0.4 is 5.32 Å². The quantitative estimate of drug-likeness (QED) is 0.577. The molecular weight excluding hydrogens is 421 g/mol. The number of nitrogens with one attached hydrogen (secondary N) is 1. The lowest BCUT2D eigenvalue weighted by Crippen LogP contribution is -2.33. The first kappa shape index (κ1) is 21.5. The van der Waals surface area contributed by atoms with E-state index >= 15 is 0 Å². The summed E-state index contributed by atoms with van der Waals surface area (Å²) in [6, 6.07) is 5.04. The van der Waals surface area contributed by atoms with Gasteiger partial charge in [0.25, 0.3) is 0 Å². The van der Waals surface area contributed by atoms with Gasteiger partial charge < -0.3 is 5.32 Å². The van der Waals surface area contributed by atoms with Gasteiger partial charge in [0.1, 0.15) is 0 Å². The zero-order valence-corrected chi connectivity index (χ0v) is 17.8. The molecule has 0 bridgehead atoms. The van der Waals surface area contributed by atoms with E-state index in [9.17, 15) is 18.0 Å². The number of amides is 1. The first-order valence-electron chi connectivity index (χ1n) is 9.04. The first-order valence-corrected chi connectivity index (χ1v) is 10.7. The molecule has 3 rings (SSSR count). The average molecular weight is 443 g/mol. The molecule has 0 radical (unpaired) electrons. The maximum absolute atomic E-state index is 12.8. The topological polar surface area (TPSA) is 59.8 Å². The molecule has 1 unspecified atom stereocenters. The van der Waals surface area contributed by atoms with E-state index in [1.54, 1.807) is 36.5 Å². The minimum absolute atomic E-state index is 0.0973. The Labute approximate surface area is 174 Å². The van der Waals surface area contributed by atoms with Crippen molar-refractivity contribution in [2.75, 3.05) is 6.54 Å². The van der Waals surface area contributed by atoms with E-state index in [1.807, 2.05) is 24.4 Å². The number of carbonyl (C=O) groups is 1. The number of thiazole rings is 1. The zero-order chi connectivity index (χ0) is 21.2. The highest BCUT2D eigenvalue weighted by Crippen LogP contribution is 2.30. The predicted octanol–water partition coefficient (Wildman–Crippen LogP) is 4.70. The minimum atomic E-state index is -4.49. The molecule has 29 heavy (non-hydrogen) atoms. The molecule has 0 aliphatic rings. The molecule has 1 amide bonds. The fourth-order valence-electron chi connectivity index (χ4n) is 2.79. The second-order valence-corrected chi connectivity index (χ2v) is 9.04. The van der Waals surface area contributed by atoms with E-state index < -0.39 is 17.8 Å². The van der Waals surface area contributed by atoms with Gasteiger partial charge in [-0.1, -0.05) is 6.92 Å². The van der Waals surface area contributed by atoms with Crippen LogP contribution in [-0.2, 0) is 23.9 Å². The molecule has 3 heterocycles. The van der Waals surface area contributed by atoms with Crippen molar-refractivity contribution in [3.8, 4) is 10.6 Å². The van der Waals surface area contributed by atoms with Crippen molar-refractivity contribution in [3.63, 3.8) is 0 Å². The molecular formula is C19H21F3N4OS2. The van der Waals surface area contributed by atoms with Gasteiger partial charge in [-0.2, -0.15) is 18.3 Å². The molecule has 3 aromatic rings. The average Bonchev–Trinajstić information content (AvgIpc) is 3.35. The summed E-state index contributed by atoms with van der Waals surface area (Å²) < 4.78 is 39.5. The zero-order valence-electron chi connectivity index (χ0n) is 16.2. The van der Waals surface area contributed by atoms with Crippen LogP contribution >= 0.6 is 22.7 Å². The van der Waals surface area contributed by atoms with Crippen LogP contribution in [0.15, 0.2) is 23.6 Å². The highest BCUT2D eigenvalue weighted by Gasteiger charge is 2.34. The van der Waals surface area contributed by atoms with Crippen LogP contribution in [0.3, 0.4) is 0 Å². The molecule has 1 N–H and O–H groups in total. The molecule has 1 atom stereocenters. The lowest BCUT2D eigenvalue weighted by Gasteiger charge is -2.13. The second kappa shape index (κ2) is 8.66. The van der Waals surface area contributed by atoms with E-state index in [0.717, 1.165) is 26.5 Å². The predicted molar refractivity (Wildman–Crippen MR) is 108 cm³/mol. The van der Waals surface area contributed by atoms with Gasteiger partial charge in [0.2, 0.25) is 5.91 Å². The van der Waals surface area contributed by atoms with Gasteiger partial charge in [0, 0.05) is 22.5 Å². The van der Waals surface area contributed by atoms with Crippen LogP contribution in [0.1, 0.15) is 28.2 Å². The summed E-state index contributed by atoms with van der Waals surface area (Å²) in [5.41, 5.74) is 0.404. The number of halogens is 3.